The first-order chi connectivity index (χ1) is 18.2. The van der Waals surface area contributed by atoms with Crippen LogP contribution >= 0.6 is 0 Å². The van der Waals surface area contributed by atoms with Crippen molar-refractivity contribution in [2.45, 2.75) is 96.6 Å². The maximum absolute atomic E-state index is 13.2. The molecule has 2 rings (SSSR count). The first-order valence-electron chi connectivity index (χ1n) is 13.3. The van der Waals surface area contributed by atoms with Crippen molar-refractivity contribution in [1.82, 2.24) is 5.32 Å². The third kappa shape index (κ3) is 9.00. The second-order valence-corrected chi connectivity index (χ2v) is 22.8. The molecule has 0 aliphatic rings. The zero-order valence-corrected chi connectivity index (χ0v) is 27.4. The van der Waals surface area contributed by atoms with Crippen LogP contribution in [0.25, 0.3) is 0 Å². The molecule has 4 nitrogen and oxygen atoms in total. The number of hydrogen-bond acceptors (Lipinski definition) is 3. The van der Waals surface area contributed by atoms with Crippen molar-refractivity contribution in [3.63, 3.8) is 0 Å². The number of amides is 1. The predicted molar refractivity (Wildman–Crippen MR) is 155 cm³/mol. The van der Waals surface area contributed by atoms with Gasteiger partial charge >= 0.3 is 12.4 Å². The smallest absolute Gasteiger partial charge is 0.416 e. The lowest BCUT2D eigenvalue weighted by atomic mass is 10.0. The fourth-order valence-electron chi connectivity index (χ4n) is 3.24. The van der Waals surface area contributed by atoms with E-state index in [0.29, 0.717) is 23.6 Å². The van der Waals surface area contributed by atoms with Gasteiger partial charge in [-0.1, -0.05) is 47.6 Å². The van der Waals surface area contributed by atoms with Gasteiger partial charge < -0.3 is 14.2 Å². The molecule has 2 aromatic carbocycles. The lowest BCUT2D eigenvalue weighted by Gasteiger charge is -2.39. The standard InChI is InChI=1S/C29H41F6NO3Si2/c1-26(2,3)40(7,8)38-23-12-11-19(15-24(23)39-41(9,10)27(4,5)6)13-14-36-25(37)20-16-21(28(30,31)32)18-22(17-20)29(33,34)35/h11-12,15-18H,13-14H2,1-10H3,(H,36,37). The number of hydrogen-bond donors (Lipinski definition) is 1. The second kappa shape index (κ2) is 11.7. The molecule has 230 valence electrons. The van der Waals surface area contributed by atoms with E-state index in [-0.39, 0.29) is 29.1 Å². The molecule has 0 atom stereocenters. The third-order valence-corrected chi connectivity index (χ3v) is 16.6. The van der Waals surface area contributed by atoms with E-state index < -0.39 is 51.6 Å². The van der Waals surface area contributed by atoms with Gasteiger partial charge in [-0.3, -0.25) is 4.79 Å². The van der Waals surface area contributed by atoms with Gasteiger partial charge in [0, 0.05) is 12.1 Å². The predicted octanol–water partition coefficient (Wildman–Crippen LogP) is 9.46. The van der Waals surface area contributed by atoms with Gasteiger partial charge in [-0.15, -0.1) is 0 Å². The fourth-order valence-corrected chi connectivity index (χ4v) is 5.28. The summed E-state index contributed by atoms with van der Waals surface area (Å²) >= 11 is 0. The first-order valence-corrected chi connectivity index (χ1v) is 19.1. The van der Waals surface area contributed by atoms with Crippen molar-refractivity contribution in [2.24, 2.45) is 0 Å². The first kappa shape index (κ1) is 34.7. The zero-order chi connectivity index (χ0) is 31.8. The van der Waals surface area contributed by atoms with Crippen molar-refractivity contribution in [3.05, 3.63) is 58.7 Å². The Morgan fingerprint density at radius 3 is 1.56 bits per heavy atom. The number of halogens is 6. The minimum absolute atomic E-state index is 0.00582. The highest BCUT2D eigenvalue weighted by atomic mass is 28.4. The Morgan fingerprint density at radius 1 is 0.707 bits per heavy atom. The SMILES string of the molecule is CC(C)(C)[Si](C)(C)Oc1ccc(CCNC(=O)c2cc(C(F)(F)F)cc(C(F)(F)F)c2)cc1O[Si](C)(C)C(C)(C)C. The Bertz CT molecular complexity index is 1210. The fraction of sp³-hybridized carbons (Fsp3) is 0.552. The number of carbonyl (C=O) groups excluding carboxylic acids is 1. The van der Waals surface area contributed by atoms with Crippen LogP contribution in [0.1, 0.15) is 68.6 Å². The Labute approximate surface area is 241 Å². The molecule has 0 spiro atoms. The van der Waals surface area contributed by atoms with Gasteiger partial charge in [0.05, 0.1) is 11.1 Å². The van der Waals surface area contributed by atoms with Crippen LogP contribution < -0.4 is 14.2 Å². The highest BCUT2D eigenvalue weighted by molar-refractivity contribution is 6.75. The molecule has 41 heavy (non-hydrogen) atoms. The summed E-state index contributed by atoms with van der Waals surface area (Å²) in [4.78, 5) is 12.6. The summed E-state index contributed by atoms with van der Waals surface area (Å²) < 4.78 is 92.3. The van der Waals surface area contributed by atoms with Crippen molar-refractivity contribution in [1.29, 1.82) is 0 Å². The number of benzene rings is 2. The van der Waals surface area contributed by atoms with Crippen LogP contribution in [0.5, 0.6) is 11.5 Å². The van der Waals surface area contributed by atoms with Gasteiger partial charge in [-0.2, -0.15) is 26.3 Å². The molecule has 0 heterocycles. The van der Waals surface area contributed by atoms with Crippen LogP contribution in [-0.2, 0) is 18.8 Å². The summed E-state index contributed by atoms with van der Waals surface area (Å²) in [6.45, 7) is 21.2. The normalized spacial score (nSPS) is 13.7. The van der Waals surface area contributed by atoms with Crippen LogP contribution in [0.15, 0.2) is 36.4 Å². The molecule has 0 fully saturated rings. The summed E-state index contributed by atoms with van der Waals surface area (Å²) in [6.07, 6.45) is -9.80. The topological polar surface area (TPSA) is 47.6 Å². The van der Waals surface area contributed by atoms with Crippen LogP contribution in [0.2, 0.25) is 36.3 Å². The van der Waals surface area contributed by atoms with Crippen LogP contribution in [0.3, 0.4) is 0 Å². The molecule has 0 saturated heterocycles. The molecule has 12 heteroatoms. The van der Waals surface area contributed by atoms with E-state index in [1.165, 1.54) is 0 Å². The molecule has 2 aromatic rings. The lowest BCUT2D eigenvalue weighted by molar-refractivity contribution is -0.143. The molecule has 1 amide bonds. The van der Waals surface area contributed by atoms with E-state index >= 15 is 0 Å². The summed E-state index contributed by atoms with van der Waals surface area (Å²) in [5, 5.41) is 2.29. The average molecular weight is 622 g/mol. The third-order valence-electron chi connectivity index (χ3n) is 7.90. The summed E-state index contributed by atoms with van der Waals surface area (Å²) in [6, 6.07) is 6.31. The van der Waals surface area contributed by atoms with Gasteiger partial charge in [-0.05, 0) is 78.6 Å². The van der Waals surface area contributed by atoms with Crippen molar-refractivity contribution < 1.29 is 40.0 Å². The quantitative estimate of drug-likeness (QED) is 0.236. The van der Waals surface area contributed by atoms with Crippen LogP contribution in [0.4, 0.5) is 26.3 Å². The molecule has 0 unspecified atom stereocenters. The molecule has 1 N–H and O–H groups in total. The molecule has 0 bridgehead atoms. The Morgan fingerprint density at radius 2 is 1.15 bits per heavy atom. The van der Waals surface area contributed by atoms with E-state index in [9.17, 15) is 31.1 Å². The number of nitrogens with one attached hydrogen (secondary N) is 1. The molecule has 0 aliphatic carbocycles. The largest absolute Gasteiger partial charge is 0.541 e. The Kier molecular flexibility index (Phi) is 9.87. The van der Waals surface area contributed by atoms with Gasteiger partial charge in [0.1, 0.15) is 11.5 Å². The van der Waals surface area contributed by atoms with E-state index in [1.807, 2.05) is 18.2 Å². The van der Waals surface area contributed by atoms with Crippen molar-refractivity contribution in [3.8, 4) is 11.5 Å². The Hall–Kier alpha value is -2.48. The van der Waals surface area contributed by atoms with Crippen LogP contribution in [0, 0.1) is 0 Å². The number of alkyl halides is 6. The van der Waals surface area contributed by atoms with Crippen molar-refractivity contribution in [2.75, 3.05) is 6.54 Å². The minimum atomic E-state index is -5.04. The van der Waals surface area contributed by atoms with E-state index in [0.717, 1.165) is 5.56 Å². The molecular weight excluding hydrogens is 580 g/mol. The van der Waals surface area contributed by atoms with Gasteiger partial charge in [0.15, 0.2) is 0 Å². The number of carbonyl (C=O) groups is 1. The maximum atomic E-state index is 13.2. The van der Waals surface area contributed by atoms with Crippen LogP contribution in [-0.4, -0.2) is 29.1 Å². The van der Waals surface area contributed by atoms with Crippen molar-refractivity contribution >= 4 is 22.5 Å². The summed E-state index contributed by atoms with van der Waals surface area (Å²) in [7, 11) is -4.49. The molecular formula is C29H41F6NO3Si2. The zero-order valence-electron chi connectivity index (χ0n) is 25.4. The molecule has 0 aliphatic heterocycles. The van der Waals surface area contributed by atoms with Gasteiger partial charge in [-0.25, -0.2) is 0 Å². The summed E-state index contributed by atoms with van der Waals surface area (Å²) in [5.74, 6) is 0.174. The van der Waals surface area contributed by atoms with Gasteiger partial charge in [0.2, 0.25) is 0 Å². The van der Waals surface area contributed by atoms with Gasteiger partial charge in [0.25, 0.3) is 22.5 Å². The molecule has 0 radical (unpaired) electrons. The number of rotatable bonds is 8. The average Bonchev–Trinajstić information content (AvgIpc) is 2.77. The maximum Gasteiger partial charge on any atom is 0.416 e. The summed E-state index contributed by atoms with van der Waals surface area (Å²) in [5.41, 5.74) is -3.03. The van der Waals surface area contributed by atoms with E-state index in [4.69, 9.17) is 8.85 Å². The molecule has 0 aromatic heterocycles. The lowest BCUT2D eigenvalue weighted by Crippen LogP contribution is -2.45. The minimum Gasteiger partial charge on any atom is -0.541 e. The molecule has 0 saturated carbocycles. The second-order valence-electron chi connectivity index (χ2n) is 13.3. The highest BCUT2D eigenvalue weighted by Gasteiger charge is 2.42. The van der Waals surface area contributed by atoms with E-state index in [1.54, 1.807) is 0 Å². The Balaban J connectivity index is 2.32. The highest BCUT2D eigenvalue weighted by Crippen LogP contribution is 2.44. The van der Waals surface area contributed by atoms with E-state index in [2.05, 4.69) is 73.0 Å². The monoisotopic (exact) mass is 621 g/mol.